The van der Waals surface area contributed by atoms with Crippen LogP contribution in [0.5, 0.6) is 0 Å². The van der Waals surface area contributed by atoms with E-state index < -0.39 is 17.8 Å². The molecule has 1 aromatic heterocycles. The summed E-state index contributed by atoms with van der Waals surface area (Å²) in [4.78, 5) is 4.18. The Morgan fingerprint density at radius 2 is 1.96 bits per heavy atom. The molecule has 0 fully saturated rings. The van der Waals surface area contributed by atoms with Crippen molar-refractivity contribution in [2.75, 3.05) is 5.32 Å². The van der Waals surface area contributed by atoms with Crippen molar-refractivity contribution in [1.82, 2.24) is 4.98 Å². The highest BCUT2D eigenvalue weighted by atomic mass is 19.4. The second-order valence-corrected chi connectivity index (χ2v) is 6.98. The molecule has 0 bridgehead atoms. The van der Waals surface area contributed by atoms with Gasteiger partial charge in [-0.05, 0) is 48.6 Å². The van der Waals surface area contributed by atoms with Gasteiger partial charge in [0, 0.05) is 5.56 Å². The first kappa shape index (κ1) is 18.6. The fraction of sp³-hybridized carbons (Fsp3) is 0.286. The van der Waals surface area contributed by atoms with Gasteiger partial charge in [-0.1, -0.05) is 30.3 Å². The van der Waals surface area contributed by atoms with E-state index in [4.69, 9.17) is 4.42 Å². The first-order chi connectivity index (χ1) is 13.3. The zero-order chi connectivity index (χ0) is 19.9. The van der Waals surface area contributed by atoms with E-state index in [2.05, 4.69) is 10.3 Å². The lowest BCUT2D eigenvalue weighted by atomic mass is 9.86. The van der Waals surface area contributed by atoms with Crippen molar-refractivity contribution in [3.63, 3.8) is 0 Å². The summed E-state index contributed by atoms with van der Waals surface area (Å²) in [5, 5.41) is 13.5. The van der Waals surface area contributed by atoms with Crippen molar-refractivity contribution in [3.8, 4) is 11.3 Å². The molecule has 0 aliphatic heterocycles. The molecule has 2 atom stereocenters. The molecule has 1 heterocycles. The number of aryl methyl sites for hydroxylation is 2. The number of nitrogens with one attached hydrogen (secondary N) is 1. The molecule has 2 N–H and O–H groups in total. The molecular weight excluding hydrogens is 369 g/mol. The Kier molecular flexibility index (Phi) is 4.63. The van der Waals surface area contributed by atoms with E-state index in [1.165, 1.54) is 25.3 Å². The van der Waals surface area contributed by atoms with Crippen molar-refractivity contribution in [3.05, 3.63) is 70.9 Å². The Hall–Kier alpha value is -2.80. The summed E-state index contributed by atoms with van der Waals surface area (Å²) < 4.78 is 44.5. The summed E-state index contributed by atoms with van der Waals surface area (Å²) in [5.41, 5.74) is 2.11. The van der Waals surface area contributed by atoms with Crippen LogP contribution in [0.4, 0.5) is 19.2 Å². The third kappa shape index (κ3) is 3.49. The molecule has 3 aromatic rings. The number of nitrogens with zero attached hydrogens (tertiary/aromatic N) is 1. The van der Waals surface area contributed by atoms with Gasteiger partial charge in [-0.25, -0.2) is 4.98 Å². The zero-order valence-corrected chi connectivity index (χ0v) is 15.1. The number of halogens is 3. The number of aliphatic hydroxyl groups is 1. The van der Waals surface area contributed by atoms with E-state index in [9.17, 15) is 18.3 Å². The van der Waals surface area contributed by atoms with Gasteiger partial charge in [0.1, 0.15) is 0 Å². The normalized spacial score (nSPS) is 19.3. The van der Waals surface area contributed by atoms with Crippen LogP contribution in [0.2, 0.25) is 0 Å². The number of hydrogen-bond acceptors (Lipinski definition) is 4. The Bertz CT molecular complexity index is 997. The van der Waals surface area contributed by atoms with Crippen molar-refractivity contribution in [2.24, 2.45) is 0 Å². The lowest BCUT2D eigenvalue weighted by Gasteiger charge is -2.30. The van der Waals surface area contributed by atoms with Crippen LogP contribution < -0.4 is 5.32 Å². The number of alkyl halides is 3. The maximum Gasteiger partial charge on any atom is 0.416 e. The van der Waals surface area contributed by atoms with Gasteiger partial charge in [0.25, 0.3) is 6.01 Å². The van der Waals surface area contributed by atoms with Crippen LogP contribution in [0.1, 0.15) is 34.7 Å². The molecule has 0 spiro atoms. The van der Waals surface area contributed by atoms with Gasteiger partial charge in [-0.15, -0.1) is 0 Å². The maximum absolute atomic E-state index is 12.9. The lowest BCUT2D eigenvalue weighted by molar-refractivity contribution is -0.138. The van der Waals surface area contributed by atoms with Crippen LogP contribution in [0, 0.1) is 6.92 Å². The third-order valence-electron chi connectivity index (χ3n) is 5.09. The van der Waals surface area contributed by atoms with Crippen molar-refractivity contribution in [2.45, 2.75) is 38.1 Å². The van der Waals surface area contributed by atoms with E-state index in [0.717, 1.165) is 23.6 Å². The quantitative estimate of drug-likeness (QED) is 0.653. The number of rotatable bonds is 3. The minimum Gasteiger partial charge on any atom is -0.424 e. The summed E-state index contributed by atoms with van der Waals surface area (Å²) in [5.74, 6) is 0.359. The third-order valence-corrected chi connectivity index (χ3v) is 5.09. The second kappa shape index (κ2) is 6.98. The van der Waals surface area contributed by atoms with Gasteiger partial charge in [0.2, 0.25) is 0 Å². The molecule has 1 aliphatic rings. The van der Waals surface area contributed by atoms with Gasteiger partial charge in [-0.2, -0.15) is 13.2 Å². The first-order valence-electron chi connectivity index (χ1n) is 8.99. The molecule has 7 heteroatoms. The molecule has 2 aromatic carbocycles. The highest BCUT2D eigenvalue weighted by molar-refractivity contribution is 5.60. The Morgan fingerprint density at radius 1 is 1.18 bits per heavy atom. The van der Waals surface area contributed by atoms with E-state index in [1.54, 1.807) is 0 Å². The number of fused-ring (bicyclic) bond motifs is 1. The number of benzene rings is 2. The van der Waals surface area contributed by atoms with Crippen LogP contribution >= 0.6 is 0 Å². The number of aromatic nitrogens is 1. The van der Waals surface area contributed by atoms with Gasteiger partial charge < -0.3 is 14.8 Å². The van der Waals surface area contributed by atoms with Crippen LogP contribution in [0.3, 0.4) is 0 Å². The summed E-state index contributed by atoms with van der Waals surface area (Å²) in [7, 11) is 0. The van der Waals surface area contributed by atoms with Crippen molar-refractivity contribution < 1.29 is 22.7 Å². The average molecular weight is 388 g/mol. The number of anilines is 1. The first-order valence-corrected chi connectivity index (χ1v) is 8.99. The minimum absolute atomic E-state index is 0.118. The maximum atomic E-state index is 12.9. The number of aliphatic hydroxyl groups excluding tert-OH is 1. The summed E-state index contributed by atoms with van der Waals surface area (Å²) in [6.07, 6.45) is -2.08. The zero-order valence-electron chi connectivity index (χ0n) is 15.1. The number of oxazole rings is 1. The highest BCUT2D eigenvalue weighted by Gasteiger charge is 2.32. The molecule has 28 heavy (non-hydrogen) atoms. The Balaban J connectivity index is 1.58. The highest BCUT2D eigenvalue weighted by Crippen LogP contribution is 2.36. The molecule has 4 nitrogen and oxygen atoms in total. The Labute approximate surface area is 160 Å². The van der Waals surface area contributed by atoms with E-state index in [1.807, 2.05) is 24.3 Å². The summed E-state index contributed by atoms with van der Waals surface area (Å²) in [6, 6.07) is 11.6. The number of hydrogen-bond donors (Lipinski definition) is 2. The topological polar surface area (TPSA) is 58.3 Å². The molecule has 4 rings (SSSR count). The molecule has 0 saturated carbocycles. The second-order valence-electron chi connectivity index (χ2n) is 6.98. The van der Waals surface area contributed by atoms with Crippen LogP contribution in [-0.2, 0) is 12.6 Å². The predicted octanol–water partition coefficient (Wildman–Crippen LogP) is 5.13. The van der Waals surface area contributed by atoms with Crippen LogP contribution in [-0.4, -0.2) is 16.2 Å². The molecule has 0 radical (unpaired) electrons. The van der Waals surface area contributed by atoms with Gasteiger partial charge in [0.15, 0.2) is 5.76 Å². The van der Waals surface area contributed by atoms with Crippen molar-refractivity contribution >= 4 is 6.01 Å². The molecule has 0 amide bonds. The lowest BCUT2D eigenvalue weighted by Crippen LogP contribution is -2.30. The monoisotopic (exact) mass is 388 g/mol. The van der Waals surface area contributed by atoms with Crippen LogP contribution in [0.25, 0.3) is 11.3 Å². The molecular formula is C21H19F3N2O2. The van der Waals surface area contributed by atoms with E-state index >= 15 is 0 Å². The SMILES string of the molecule is Cc1cc(-c2cnc(NC3c4ccccc4CCC3O)o2)ccc1C(F)(F)F. The standard InChI is InChI=1S/C21H19F3N2O2/c1-12-10-14(6-8-16(12)21(22,23)24)18-11-25-20(28-18)26-19-15-5-3-2-4-13(15)7-9-17(19)27/h2-6,8,10-11,17,19,27H,7,9H2,1H3,(H,25,26). The molecule has 2 unspecified atom stereocenters. The molecule has 1 aliphatic carbocycles. The summed E-state index contributed by atoms with van der Waals surface area (Å²) in [6.45, 7) is 1.41. The van der Waals surface area contributed by atoms with E-state index in [-0.39, 0.29) is 17.6 Å². The molecule has 0 saturated heterocycles. The van der Waals surface area contributed by atoms with Gasteiger partial charge >= 0.3 is 6.18 Å². The predicted molar refractivity (Wildman–Crippen MR) is 98.8 cm³/mol. The van der Waals surface area contributed by atoms with Crippen molar-refractivity contribution in [1.29, 1.82) is 0 Å². The van der Waals surface area contributed by atoms with Gasteiger partial charge in [-0.3, -0.25) is 0 Å². The largest absolute Gasteiger partial charge is 0.424 e. The Morgan fingerprint density at radius 3 is 2.71 bits per heavy atom. The minimum atomic E-state index is -4.39. The van der Waals surface area contributed by atoms with Gasteiger partial charge in [0.05, 0.1) is 23.9 Å². The van der Waals surface area contributed by atoms with E-state index in [0.29, 0.717) is 17.7 Å². The smallest absolute Gasteiger partial charge is 0.416 e. The molecule has 146 valence electrons. The average Bonchev–Trinajstić information content (AvgIpc) is 3.12. The fourth-order valence-corrected chi connectivity index (χ4v) is 3.66. The fourth-order valence-electron chi connectivity index (χ4n) is 3.66. The van der Waals surface area contributed by atoms with Crippen LogP contribution in [0.15, 0.2) is 53.1 Å². The summed E-state index contributed by atoms with van der Waals surface area (Å²) >= 11 is 0.